The smallest absolute Gasteiger partial charge is 0.267 e. The minimum absolute atomic E-state index is 0.0579. The Labute approximate surface area is 181 Å². The largest absolute Gasteiger partial charge is 0.390 e. The number of aliphatic hydroxyl groups excluding tert-OH is 2. The second-order valence-electron chi connectivity index (χ2n) is 8.11. The van der Waals surface area contributed by atoms with E-state index in [0.717, 1.165) is 12.8 Å². The number of amidine groups is 1. The van der Waals surface area contributed by atoms with Crippen LogP contribution in [0.15, 0.2) is 17.1 Å². The van der Waals surface area contributed by atoms with E-state index in [4.69, 9.17) is 4.55 Å². The third-order valence-electron chi connectivity index (χ3n) is 5.42. The lowest BCUT2D eigenvalue weighted by molar-refractivity contribution is -0.837. The molecule has 30 heavy (non-hydrogen) atoms. The molecule has 9 heteroatoms. The molecule has 0 bridgehead atoms. The molecule has 1 rings (SSSR count). The first-order chi connectivity index (χ1) is 14.2. The van der Waals surface area contributed by atoms with E-state index in [0.29, 0.717) is 13.1 Å². The van der Waals surface area contributed by atoms with Crippen molar-refractivity contribution >= 4 is 21.7 Å². The van der Waals surface area contributed by atoms with Crippen LogP contribution in [0.2, 0.25) is 0 Å². The van der Waals surface area contributed by atoms with Gasteiger partial charge in [-0.2, -0.15) is 8.42 Å². The lowest BCUT2D eigenvalue weighted by Crippen LogP contribution is -2.59. The van der Waals surface area contributed by atoms with Gasteiger partial charge in [0.1, 0.15) is 31.5 Å². The van der Waals surface area contributed by atoms with Crippen LogP contribution in [0.1, 0.15) is 64.7 Å². The molecule has 0 aromatic rings. The van der Waals surface area contributed by atoms with Crippen LogP contribution in [0.5, 0.6) is 0 Å². The van der Waals surface area contributed by atoms with E-state index < -0.39 is 22.0 Å². The zero-order valence-corrected chi connectivity index (χ0v) is 19.0. The van der Waals surface area contributed by atoms with Crippen molar-refractivity contribution in [2.45, 2.75) is 70.8 Å². The Morgan fingerprint density at radius 1 is 1.17 bits per heavy atom. The van der Waals surface area contributed by atoms with Gasteiger partial charge in [0.15, 0.2) is 0 Å². The monoisotopic (exact) mass is 447 g/mol. The molecule has 1 aliphatic rings. The van der Waals surface area contributed by atoms with E-state index in [2.05, 4.69) is 11.9 Å². The molecule has 0 aromatic heterocycles. The molecule has 0 saturated carbocycles. The normalized spacial score (nSPS) is 20.6. The molecule has 0 saturated heterocycles. The number of carbonyl (C=O) groups is 1. The molecule has 0 aromatic carbocycles. The highest BCUT2D eigenvalue weighted by molar-refractivity contribution is 7.85. The topological polar surface area (TPSA) is 124 Å². The number of carbonyl (C=O) groups excluding carboxylic acids is 1. The van der Waals surface area contributed by atoms with E-state index in [9.17, 15) is 23.4 Å². The highest BCUT2D eigenvalue weighted by Crippen LogP contribution is 2.19. The predicted octanol–water partition coefficient (Wildman–Crippen LogP) is 2.11. The average Bonchev–Trinajstić information content (AvgIpc) is 3.04. The van der Waals surface area contributed by atoms with Crippen molar-refractivity contribution in [3.05, 3.63) is 12.2 Å². The summed E-state index contributed by atoms with van der Waals surface area (Å²) in [6.45, 7) is 2.84. The number of ketones is 1. The molecule has 3 N–H and O–H groups in total. The fraction of sp³-hybridized carbons (Fsp3) is 0.810. The molecule has 0 aliphatic carbocycles. The number of quaternary nitrogens is 1. The molecule has 0 fully saturated rings. The Balaban J connectivity index is 2.51. The van der Waals surface area contributed by atoms with Crippen LogP contribution in [0.3, 0.4) is 0 Å². The van der Waals surface area contributed by atoms with E-state index in [1.165, 1.54) is 38.5 Å². The van der Waals surface area contributed by atoms with Crippen molar-refractivity contribution in [3.8, 4) is 0 Å². The molecular weight excluding hydrogens is 408 g/mol. The Bertz CT molecular complexity index is 677. The van der Waals surface area contributed by atoms with Crippen LogP contribution in [0.4, 0.5) is 0 Å². The second-order valence-corrected chi connectivity index (χ2v) is 9.61. The van der Waals surface area contributed by atoms with Crippen LogP contribution >= 0.6 is 0 Å². The van der Waals surface area contributed by atoms with Gasteiger partial charge in [-0.1, -0.05) is 57.6 Å². The minimum Gasteiger partial charge on any atom is -0.390 e. The Kier molecular flexibility index (Phi) is 12.6. The maximum Gasteiger partial charge on any atom is 0.267 e. The van der Waals surface area contributed by atoms with E-state index in [-0.39, 0.29) is 42.2 Å². The fourth-order valence-corrected chi connectivity index (χ4v) is 4.54. The standard InChI is InChI=1S/C21H38N2O6S/c1-2-3-4-5-6-7-8-9-10-11-12-20(26)21-22-13-14-23(21,15-16-24)17-19(25)18-30(27,28)29/h10-11,19,24-25H,2-9,12-18H2,1H3/p+1/b11-10+. The molecule has 174 valence electrons. The van der Waals surface area contributed by atoms with Gasteiger partial charge in [0, 0.05) is 6.42 Å². The number of aliphatic hydroxyl groups is 2. The second kappa shape index (κ2) is 14.0. The van der Waals surface area contributed by atoms with Crippen LogP contribution in [0.25, 0.3) is 0 Å². The van der Waals surface area contributed by atoms with Gasteiger partial charge in [-0.25, -0.2) is 4.99 Å². The summed E-state index contributed by atoms with van der Waals surface area (Å²) in [6.07, 6.45) is 12.3. The first-order valence-electron chi connectivity index (χ1n) is 11.1. The third-order valence-corrected chi connectivity index (χ3v) is 6.23. The number of nitrogens with zero attached hydrogens (tertiary/aromatic N) is 2. The van der Waals surface area contributed by atoms with E-state index >= 15 is 0 Å². The quantitative estimate of drug-likeness (QED) is 0.136. The average molecular weight is 448 g/mol. The molecule has 2 atom stereocenters. The van der Waals surface area contributed by atoms with Gasteiger partial charge < -0.3 is 10.2 Å². The first-order valence-corrected chi connectivity index (χ1v) is 12.7. The van der Waals surface area contributed by atoms with Crippen LogP contribution in [-0.4, -0.2) is 83.9 Å². The molecule has 0 radical (unpaired) electrons. The van der Waals surface area contributed by atoms with E-state index in [1.54, 1.807) is 0 Å². The maximum atomic E-state index is 12.7. The van der Waals surface area contributed by atoms with Crippen molar-refractivity contribution in [2.75, 3.05) is 38.5 Å². The summed E-state index contributed by atoms with van der Waals surface area (Å²) in [7, 11) is -4.34. The molecule has 2 unspecified atom stereocenters. The fourth-order valence-electron chi connectivity index (χ4n) is 3.95. The SMILES string of the molecule is CCCCCCCCC/C=C/CC(=O)C1=NCC[N+]1(CCO)CC(O)CS(=O)(=O)O. The summed E-state index contributed by atoms with van der Waals surface area (Å²) in [5.74, 6) is -0.729. The lowest BCUT2D eigenvalue weighted by Gasteiger charge is -2.34. The maximum absolute atomic E-state index is 12.7. The Morgan fingerprint density at radius 2 is 1.83 bits per heavy atom. The van der Waals surface area contributed by atoms with Gasteiger partial charge in [-0.3, -0.25) is 13.8 Å². The third kappa shape index (κ3) is 10.3. The van der Waals surface area contributed by atoms with Gasteiger partial charge in [0.25, 0.3) is 16.0 Å². The summed E-state index contributed by atoms with van der Waals surface area (Å²) in [5, 5.41) is 19.5. The van der Waals surface area contributed by atoms with E-state index in [1.807, 2.05) is 12.2 Å². The van der Waals surface area contributed by atoms with Gasteiger partial charge in [-0.15, -0.1) is 0 Å². The van der Waals surface area contributed by atoms with Crippen molar-refractivity contribution < 1.29 is 32.5 Å². The number of aliphatic imine (C=N–C) groups is 1. The number of allylic oxidation sites excluding steroid dienone is 2. The molecule has 0 spiro atoms. The summed E-state index contributed by atoms with van der Waals surface area (Å²) >= 11 is 0. The van der Waals surface area contributed by atoms with Crippen molar-refractivity contribution in [2.24, 2.45) is 4.99 Å². The lowest BCUT2D eigenvalue weighted by atomic mass is 10.1. The van der Waals surface area contributed by atoms with Crippen LogP contribution in [-0.2, 0) is 14.9 Å². The molecular formula is C21H39N2O6S+. The van der Waals surface area contributed by atoms with Gasteiger partial charge >= 0.3 is 0 Å². The van der Waals surface area contributed by atoms with Crippen LogP contribution in [0, 0.1) is 0 Å². The van der Waals surface area contributed by atoms with Gasteiger partial charge in [-0.05, 0) is 12.8 Å². The zero-order valence-electron chi connectivity index (χ0n) is 18.2. The highest BCUT2D eigenvalue weighted by Gasteiger charge is 2.43. The molecule has 0 amide bonds. The first kappa shape index (κ1) is 26.9. The number of unbranched alkanes of at least 4 members (excludes halogenated alkanes) is 7. The van der Waals surface area contributed by atoms with Crippen molar-refractivity contribution in [3.63, 3.8) is 0 Å². The number of Topliss-reactive ketones (excluding diaryl/α,β-unsaturated/α-hetero) is 1. The summed E-state index contributed by atoms with van der Waals surface area (Å²) in [5.41, 5.74) is 0. The molecule has 1 aliphatic heterocycles. The minimum atomic E-state index is -4.34. The molecule has 1 heterocycles. The summed E-state index contributed by atoms with van der Waals surface area (Å²) in [6, 6.07) is 0. The summed E-state index contributed by atoms with van der Waals surface area (Å²) in [4.78, 5) is 17.0. The van der Waals surface area contributed by atoms with Gasteiger partial charge in [0.2, 0.25) is 5.78 Å². The number of hydrogen-bond donors (Lipinski definition) is 3. The van der Waals surface area contributed by atoms with Crippen molar-refractivity contribution in [1.29, 1.82) is 0 Å². The Morgan fingerprint density at radius 3 is 2.47 bits per heavy atom. The summed E-state index contributed by atoms with van der Waals surface area (Å²) < 4.78 is 31.0. The number of hydrogen-bond acceptors (Lipinski definition) is 6. The highest BCUT2D eigenvalue weighted by atomic mass is 32.2. The van der Waals surface area contributed by atoms with Crippen molar-refractivity contribution in [1.82, 2.24) is 0 Å². The van der Waals surface area contributed by atoms with Gasteiger partial charge in [0.05, 0.1) is 13.2 Å². The zero-order chi connectivity index (χ0) is 22.5. The Hall–Kier alpha value is -1.13. The predicted molar refractivity (Wildman–Crippen MR) is 118 cm³/mol. The molecule has 8 nitrogen and oxygen atoms in total. The van der Waals surface area contributed by atoms with Crippen LogP contribution < -0.4 is 0 Å². The number of rotatable bonds is 17.